The van der Waals surface area contributed by atoms with Crippen LogP contribution >= 0.6 is 15.9 Å². The van der Waals surface area contributed by atoms with Crippen LogP contribution in [0, 0.1) is 0 Å². The van der Waals surface area contributed by atoms with Gasteiger partial charge >= 0.3 is 6.18 Å². The molecule has 1 rings (SSSR count). The van der Waals surface area contributed by atoms with Crippen LogP contribution in [0.2, 0.25) is 0 Å². The minimum Gasteiger partial charge on any atom is -0.453 e. The Hall–Kier alpha value is -0.530. The molecule has 0 atom stereocenters. The van der Waals surface area contributed by atoms with E-state index in [9.17, 15) is 13.2 Å². The maximum absolute atomic E-state index is 12.2. The minimum atomic E-state index is -4.28. The Morgan fingerprint density at radius 3 is 2.50 bits per heavy atom. The fourth-order valence-corrected chi connectivity index (χ4v) is 1.61. The second kappa shape index (κ2) is 5.70. The quantitative estimate of drug-likeness (QED) is 0.907. The van der Waals surface area contributed by atoms with Crippen molar-refractivity contribution in [1.29, 1.82) is 0 Å². The van der Waals surface area contributed by atoms with Gasteiger partial charge in [0.25, 0.3) is 0 Å². The van der Waals surface area contributed by atoms with Crippen molar-refractivity contribution < 1.29 is 22.7 Å². The molecule has 16 heavy (non-hydrogen) atoms. The van der Waals surface area contributed by atoms with Crippen molar-refractivity contribution >= 4 is 15.9 Å². The fraction of sp³-hybridized carbons (Fsp3) is 0.556. The Bertz CT molecular complexity index is 327. The van der Waals surface area contributed by atoms with Crippen molar-refractivity contribution in [3.63, 3.8) is 0 Å². The highest BCUT2D eigenvalue weighted by atomic mass is 79.9. The Kier molecular flexibility index (Phi) is 4.82. The number of hydrogen-bond acceptors (Lipinski definition) is 3. The highest BCUT2D eigenvalue weighted by molar-refractivity contribution is 9.10. The van der Waals surface area contributed by atoms with Gasteiger partial charge in [-0.3, -0.25) is 4.90 Å². The molecule has 0 aliphatic heterocycles. The third-order valence-electron chi connectivity index (χ3n) is 1.83. The molecule has 0 unspecified atom stereocenters. The number of aliphatic hydroxyl groups is 1. The summed E-state index contributed by atoms with van der Waals surface area (Å²) in [4.78, 5) is 1.07. The monoisotopic (exact) mass is 301 g/mol. The SMILES string of the molecule is OCCN(Cc1ccc(Br)o1)CC(F)(F)F. The Morgan fingerprint density at radius 1 is 1.38 bits per heavy atom. The molecule has 0 aromatic carbocycles. The van der Waals surface area contributed by atoms with Crippen molar-refractivity contribution in [2.24, 2.45) is 0 Å². The first kappa shape index (κ1) is 13.5. The van der Waals surface area contributed by atoms with Crippen LogP contribution in [0.5, 0.6) is 0 Å². The van der Waals surface area contributed by atoms with Crippen molar-refractivity contribution in [3.8, 4) is 0 Å². The Morgan fingerprint density at radius 2 is 2.06 bits per heavy atom. The topological polar surface area (TPSA) is 36.6 Å². The molecule has 1 heterocycles. The number of hydrogen-bond donors (Lipinski definition) is 1. The average molecular weight is 302 g/mol. The standard InChI is InChI=1S/C9H11BrF3NO2/c10-8-2-1-7(16-8)5-14(3-4-15)6-9(11,12)13/h1-2,15H,3-6H2. The highest BCUT2D eigenvalue weighted by Gasteiger charge is 2.30. The lowest BCUT2D eigenvalue weighted by Gasteiger charge is -2.21. The number of nitrogens with zero attached hydrogens (tertiary/aromatic N) is 1. The molecule has 0 fully saturated rings. The van der Waals surface area contributed by atoms with E-state index in [4.69, 9.17) is 9.52 Å². The summed E-state index contributed by atoms with van der Waals surface area (Å²) in [6, 6.07) is 3.20. The van der Waals surface area contributed by atoms with Crippen molar-refractivity contribution in [2.75, 3.05) is 19.7 Å². The van der Waals surface area contributed by atoms with E-state index in [1.54, 1.807) is 12.1 Å². The van der Waals surface area contributed by atoms with Crippen LogP contribution in [0.25, 0.3) is 0 Å². The van der Waals surface area contributed by atoms with Crippen LogP contribution in [0.4, 0.5) is 13.2 Å². The van der Waals surface area contributed by atoms with Crippen LogP contribution in [-0.4, -0.2) is 35.9 Å². The first-order chi connectivity index (χ1) is 7.40. The molecular formula is C9H11BrF3NO2. The average Bonchev–Trinajstić information content (AvgIpc) is 2.48. The van der Waals surface area contributed by atoms with E-state index >= 15 is 0 Å². The molecule has 0 bridgehead atoms. The predicted molar refractivity (Wildman–Crippen MR) is 54.8 cm³/mol. The first-order valence-corrected chi connectivity index (χ1v) is 5.34. The van der Waals surface area contributed by atoms with Gasteiger partial charge in [0, 0.05) is 6.54 Å². The third kappa shape index (κ3) is 5.00. The zero-order valence-electron chi connectivity index (χ0n) is 8.30. The van der Waals surface area contributed by atoms with Gasteiger partial charge in [0.15, 0.2) is 4.67 Å². The fourth-order valence-electron chi connectivity index (χ4n) is 1.27. The van der Waals surface area contributed by atoms with Gasteiger partial charge in [0.2, 0.25) is 0 Å². The summed E-state index contributed by atoms with van der Waals surface area (Å²) in [5.74, 6) is 0.421. The van der Waals surface area contributed by atoms with Crippen LogP contribution in [0.15, 0.2) is 21.2 Å². The maximum Gasteiger partial charge on any atom is 0.401 e. The highest BCUT2D eigenvalue weighted by Crippen LogP contribution is 2.20. The number of aliphatic hydroxyl groups excluding tert-OH is 1. The summed E-state index contributed by atoms with van der Waals surface area (Å²) in [6.07, 6.45) is -4.28. The number of furan rings is 1. The minimum absolute atomic E-state index is 0.0195. The van der Waals surface area contributed by atoms with Gasteiger partial charge in [0.1, 0.15) is 5.76 Å². The molecule has 0 aliphatic carbocycles. The van der Waals surface area contributed by atoms with Crippen molar-refractivity contribution in [2.45, 2.75) is 12.7 Å². The summed E-state index contributed by atoms with van der Waals surface area (Å²) in [5.41, 5.74) is 0. The van der Waals surface area contributed by atoms with Crippen LogP contribution in [0.1, 0.15) is 5.76 Å². The van der Waals surface area contributed by atoms with E-state index in [2.05, 4.69) is 15.9 Å². The van der Waals surface area contributed by atoms with Crippen molar-refractivity contribution in [1.82, 2.24) is 4.90 Å². The molecule has 92 valence electrons. The van der Waals surface area contributed by atoms with Crippen LogP contribution in [-0.2, 0) is 6.54 Å². The number of halogens is 4. The lowest BCUT2D eigenvalue weighted by atomic mass is 10.4. The van der Waals surface area contributed by atoms with Gasteiger partial charge in [-0.25, -0.2) is 0 Å². The second-order valence-electron chi connectivity index (χ2n) is 3.26. The smallest absolute Gasteiger partial charge is 0.401 e. The first-order valence-electron chi connectivity index (χ1n) is 4.55. The van der Waals surface area contributed by atoms with Gasteiger partial charge in [-0.1, -0.05) is 0 Å². The number of alkyl halides is 3. The molecule has 0 spiro atoms. The van der Waals surface area contributed by atoms with Crippen molar-refractivity contribution in [3.05, 3.63) is 22.6 Å². The molecule has 7 heteroatoms. The van der Waals surface area contributed by atoms with Gasteiger partial charge < -0.3 is 9.52 Å². The van der Waals surface area contributed by atoms with Gasteiger partial charge in [-0.05, 0) is 28.1 Å². The predicted octanol–water partition coefficient (Wildman–Crippen LogP) is 2.40. The molecule has 1 aromatic rings. The van der Waals surface area contributed by atoms with Gasteiger partial charge in [-0.15, -0.1) is 0 Å². The van der Waals surface area contributed by atoms with E-state index in [-0.39, 0.29) is 19.7 Å². The maximum atomic E-state index is 12.2. The molecule has 0 radical (unpaired) electrons. The lowest BCUT2D eigenvalue weighted by Crippen LogP contribution is -2.35. The largest absolute Gasteiger partial charge is 0.453 e. The van der Waals surface area contributed by atoms with E-state index in [1.165, 1.54) is 0 Å². The molecule has 0 amide bonds. The van der Waals surface area contributed by atoms with Crippen LogP contribution < -0.4 is 0 Å². The zero-order valence-corrected chi connectivity index (χ0v) is 9.88. The summed E-state index contributed by atoms with van der Waals surface area (Å²) in [7, 11) is 0. The zero-order chi connectivity index (χ0) is 12.2. The Balaban J connectivity index is 2.57. The van der Waals surface area contributed by atoms with E-state index in [0.717, 1.165) is 4.90 Å². The molecule has 3 nitrogen and oxygen atoms in total. The lowest BCUT2D eigenvalue weighted by molar-refractivity contribution is -0.148. The van der Waals surface area contributed by atoms with Gasteiger partial charge in [-0.2, -0.15) is 13.2 Å². The third-order valence-corrected chi connectivity index (χ3v) is 2.25. The molecule has 0 aliphatic rings. The van der Waals surface area contributed by atoms with Gasteiger partial charge in [0.05, 0.1) is 19.7 Å². The Labute approximate surface area is 99.0 Å². The normalized spacial score (nSPS) is 12.4. The summed E-state index contributed by atoms with van der Waals surface area (Å²) in [6.45, 7) is -1.41. The summed E-state index contributed by atoms with van der Waals surface area (Å²) < 4.78 is 42.1. The second-order valence-corrected chi connectivity index (χ2v) is 4.04. The van der Waals surface area contributed by atoms with Crippen LogP contribution in [0.3, 0.4) is 0 Å². The summed E-state index contributed by atoms with van der Waals surface area (Å²) >= 11 is 3.07. The molecule has 0 saturated carbocycles. The van der Waals surface area contributed by atoms with E-state index in [1.807, 2.05) is 0 Å². The number of rotatable bonds is 5. The van der Waals surface area contributed by atoms with E-state index < -0.39 is 12.7 Å². The molecule has 1 aromatic heterocycles. The molecular weight excluding hydrogens is 291 g/mol. The molecule has 0 saturated heterocycles. The molecule has 1 N–H and O–H groups in total. The summed E-state index contributed by atoms with van der Waals surface area (Å²) in [5, 5.41) is 8.67. The van der Waals surface area contributed by atoms with E-state index in [0.29, 0.717) is 10.4 Å².